The van der Waals surface area contributed by atoms with Crippen LogP contribution in [0.15, 0.2) is 24.3 Å². The molecule has 0 heterocycles. The van der Waals surface area contributed by atoms with Gasteiger partial charge < -0.3 is 5.11 Å². The summed E-state index contributed by atoms with van der Waals surface area (Å²) in [6.45, 7) is 7.49. The van der Waals surface area contributed by atoms with Crippen molar-refractivity contribution in [2.75, 3.05) is 0 Å². The highest BCUT2D eigenvalue weighted by atomic mass is 16.4. The first-order valence-corrected chi connectivity index (χ1v) is 3.63. The molecule has 0 fully saturated rings. The first-order chi connectivity index (χ1) is 5.07. The van der Waals surface area contributed by atoms with Gasteiger partial charge in [-0.3, -0.25) is 0 Å². The summed E-state index contributed by atoms with van der Waals surface area (Å²) in [6, 6.07) is 0. The fraction of sp³-hybridized carbons (Fsp3) is 0.444. The lowest BCUT2D eigenvalue weighted by Gasteiger charge is -1.98. The van der Waals surface area contributed by atoms with Crippen molar-refractivity contribution in [2.45, 2.75) is 20.3 Å². The van der Waals surface area contributed by atoms with E-state index in [4.69, 9.17) is 5.11 Å². The van der Waals surface area contributed by atoms with Crippen molar-refractivity contribution in [1.82, 2.24) is 0 Å². The Morgan fingerprint density at radius 2 is 2.18 bits per heavy atom. The molecule has 0 bridgehead atoms. The normalized spacial score (nSPS) is 11.7. The van der Waals surface area contributed by atoms with Gasteiger partial charge in [0.15, 0.2) is 0 Å². The van der Waals surface area contributed by atoms with Gasteiger partial charge in [0.25, 0.3) is 0 Å². The van der Waals surface area contributed by atoms with Crippen molar-refractivity contribution in [3.8, 4) is 0 Å². The van der Waals surface area contributed by atoms with Crippen LogP contribution in [-0.2, 0) is 4.79 Å². The number of carboxylic acids is 1. The van der Waals surface area contributed by atoms with Gasteiger partial charge in [0, 0.05) is 0 Å². The third-order valence-electron chi connectivity index (χ3n) is 1.28. The standard InChI is InChI=1S/C9H14O2/c1-4-8(9(10)11)6-5-7(2)3/h4,6-7H,1,5H2,2-3H3,(H,10,11)/b8-6+. The van der Waals surface area contributed by atoms with Gasteiger partial charge in [-0.15, -0.1) is 0 Å². The summed E-state index contributed by atoms with van der Waals surface area (Å²) in [6.07, 6.45) is 3.85. The second-order valence-electron chi connectivity index (χ2n) is 2.80. The summed E-state index contributed by atoms with van der Waals surface area (Å²) in [5.41, 5.74) is 0.290. The largest absolute Gasteiger partial charge is 0.478 e. The van der Waals surface area contributed by atoms with Crippen LogP contribution in [0.4, 0.5) is 0 Å². The van der Waals surface area contributed by atoms with Crippen LogP contribution in [-0.4, -0.2) is 11.1 Å². The molecule has 0 aromatic rings. The second-order valence-corrected chi connectivity index (χ2v) is 2.80. The lowest BCUT2D eigenvalue weighted by molar-refractivity contribution is -0.132. The van der Waals surface area contributed by atoms with E-state index >= 15 is 0 Å². The van der Waals surface area contributed by atoms with Crippen LogP contribution in [0.2, 0.25) is 0 Å². The van der Waals surface area contributed by atoms with E-state index in [1.807, 2.05) is 13.8 Å². The van der Waals surface area contributed by atoms with Crippen molar-refractivity contribution in [1.29, 1.82) is 0 Å². The topological polar surface area (TPSA) is 37.3 Å². The average Bonchev–Trinajstić information content (AvgIpc) is 1.87. The Balaban J connectivity index is 4.13. The molecule has 2 heteroatoms. The minimum atomic E-state index is -0.902. The SMILES string of the molecule is C=C/C(=C\CC(C)C)C(=O)O. The maximum absolute atomic E-state index is 10.4. The Bertz CT molecular complexity index is 178. The predicted molar refractivity (Wildman–Crippen MR) is 45.4 cm³/mol. The Hall–Kier alpha value is -1.05. The zero-order valence-electron chi connectivity index (χ0n) is 7.00. The Morgan fingerprint density at radius 3 is 2.45 bits per heavy atom. The zero-order chi connectivity index (χ0) is 8.85. The van der Waals surface area contributed by atoms with E-state index in [1.54, 1.807) is 6.08 Å². The predicted octanol–water partition coefficient (Wildman–Crippen LogP) is 2.23. The summed E-state index contributed by atoms with van der Waals surface area (Å²) in [5.74, 6) is -0.412. The maximum Gasteiger partial charge on any atom is 0.335 e. The number of carboxylic acid groups (broad SMARTS) is 1. The molecule has 0 aromatic carbocycles. The summed E-state index contributed by atoms with van der Waals surface area (Å²) in [7, 11) is 0. The molecule has 11 heavy (non-hydrogen) atoms. The van der Waals surface area contributed by atoms with Crippen LogP contribution >= 0.6 is 0 Å². The number of aliphatic carboxylic acids is 1. The van der Waals surface area contributed by atoms with E-state index in [-0.39, 0.29) is 0 Å². The van der Waals surface area contributed by atoms with Crippen LogP contribution in [0, 0.1) is 5.92 Å². The highest BCUT2D eigenvalue weighted by Crippen LogP contribution is 2.05. The summed E-state index contributed by atoms with van der Waals surface area (Å²) in [5, 5.41) is 8.55. The molecule has 0 saturated heterocycles. The fourth-order valence-corrected chi connectivity index (χ4v) is 0.621. The first kappa shape index (κ1) is 9.95. The minimum absolute atomic E-state index is 0.290. The van der Waals surface area contributed by atoms with E-state index in [1.165, 1.54) is 6.08 Å². The van der Waals surface area contributed by atoms with Gasteiger partial charge >= 0.3 is 5.97 Å². The van der Waals surface area contributed by atoms with Gasteiger partial charge in [-0.25, -0.2) is 4.79 Å². The molecule has 0 aliphatic heterocycles. The number of carbonyl (C=O) groups is 1. The Morgan fingerprint density at radius 1 is 1.64 bits per heavy atom. The van der Waals surface area contributed by atoms with Crippen molar-refractivity contribution < 1.29 is 9.90 Å². The van der Waals surface area contributed by atoms with E-state index in [2.05, 4.69) is 6.58 Å². The van der Waals surface area contributed by atoms with Crippen molar-refractivity contribution in [2.24, 2.45) is 5.92 Å². The van der Waals surface area contributed by atoms with Gasteiger partial charge in [-0.2, -0.15) is 0 Å². The maximum atomic E-state index is 10.4. The molecule has 62 valence electrons. The lowest BCUT2D eigenvalue weighted by Crippen LogP contribution is -1.97. The van der Waals surface area contributed by atoms with E-state index in [0.717, 1.165) is 6.42 Å². The Labute approximate surface area is 67.2 Å². The van der Waals surface area contributed by atoms with Crippen LogP contribution in [0.3, 0.4) is 0 Å². The van der Waals surface area contributed by atoms with Gasteiger partial charge in [0.1, 0.15) is 0 Å². The molecule has 0 radical (unpaired) electrons. The second kappa shape index (κ2) is 4.72. The van der Waals surface area contributed by atoms with Crippen LogP contribution in [0.25, 0.3) is 0 Å². The fourth-order valence-electron chi connectivity index (χ4n) is 0.621. The number of hydrogen-bond acceptors (Lipinski definition) is 1. The molecule has 0 saturated carbocycles. The van der Waals surface area contributed by atoms with E-state index < -0.39 is 5.97 Å². The monoisotopic (exact) mass is 154 g/mol. The van der Waals surface area contributed by atoms with Crippen LogP contribution in [0.1, 0.15) is 20.3 Å². The van der Waals surface area contributed by atoms with Gasteiger partial charge in [0.2, 0.25) is 0 Å². The smallest absolute Gasteiger partial charge is 0.335 e. The molecular weight excluding hydrogens is 140 g/mol. The number of allylic oxidation sites excluding steroid dienone is 1. The van der Waals surface area contributed by atoms with Gasteiger partial charge in [-0.1, -0.05) is 32.6 Å². The summed E-state index contributed by atoms with van der Waals surface area (Å²) < 4.78 is 0. The highest BCUT2D eigenvalue weighted by Gasteiger charge is 2.01. The van der Waals surface area contributed by atoms with Crippen molar-refractivity contribution >= 4 is 5.97 Å². The number of rotatable bonds is 4. The first-order valence-electron chi connectivity index (χ1n) is 3.63. The lowest BCUT2D eigenvalue weighted by atomic mass is 10.1. The molecule has 0 spiro atoms. The quantitative estimate of drug-likeness (QED) is 0.498. The summed E-state index contributed by atoms with van der Waals surface area (Å²) >= 11 is 0. The molecule has 1 N–H and O–H groups in total. The van der Waals surface area contributed by atoms with Crippen molar-refractivity contribution in [3.63, 3.8) is 0 Å². The van der Waals surface area contributed by atoms with E-state index in [9.17, 15) is 4.79 Å². The van der Waals surface area contributed by atoms with Crippen LogP contribution < -0.4 is 0 Å². The zero-order valence-corrected chi connectivity index (χ0v) is 7.00. The molecule has 0 amide bonds. The van der Waals surface area contributed by atoms with Crippen LogP contribution in [0.5, 0.6) is 0 Å². The van der Waals surface area contributed by atoms with Gasteiger partial charge in [0.05, 0.1) is 5.57 Å². The molecule has 0 aromatic heterocycles. The third-order valence-corrected chi connectivity index (χ3v) is 1.28. The molecular formula is C9H14O2. The molecule has 0 aliphatic carbocycles. The highest BCUT2D eigenvalue weighted by molar-refractivity contribution is 5.89. The third kappa shape index (κ3) is 4.37. The number of hydrogen-bond donors (Lipinski definition) is 1. The average molecular weight is 154 g/mol. The summed E-state index contributed by atoms with van der Waals surface area (Å²) in [4.78, 5) is 10.4. The van der Waals surface area contributed by atoms with Gasteiger partial charge in [-0.05, 0) is 12.3 Å². The Kier molecular flexibility index (Phi) is 4.27. The molecule has 0 unspecified atom stereocenters. The molecule has 0 aliphatic rings. The minimum Gasteiger partial charge on any atom is -0.478 e. The molecule has 0 atom stereocenters. The molecule has 2 nitrogen and oxygen atoms in total. The van der Waals surface area contributed by atoms with Crippen molar-refractivity contribution in [3.05, 3.63) is 24.3 Å². The molecule has 0 rings (SSSR count). The van der Waals surface area contributed by atoms with E-state index in [0.29, 0.717) is 11.5 Å².